The largest absolute Gasteiger partial charge is 0.379 e. The Hall–Kier alpha value is -0.610. The summed E-state index contributed by atoms with van der Waals surface area (Å²) in [6.45, 7) is 3.62. The molecule has 1 saturated carbocycles. The smallest absolute Gasteiger partial charge is 0.244 e. The Kier molecular flexibility index (Phi) is 2.44. The zero-order valence-corrected chi connectivity index (χ0v) is 9.87. The van der Waals surface area contributed by atoms with E-state index in [1.165, 1.54) is 12.8 Å². The molecule has 3 rings (SSSR count). The number of carbonyl (C=O) groups is 1. The van der Waals surface area contributed by atoms with Gasteiger partial charge in [0.1, 0.15) is 0 Å². The van der Waals surface area contributed by atoms with Crippen molar-refractivity contribution < 1.29 is 9.53 Å². The third-order valence-corrected chi connectivity index (χ3v) is 4.30. The first-order chi connectivity index (χ1) is 7.73. The van der Waals surface area contributed by atoms with Crippen LogP contribution in [0.25, 0.3) is 0 Å². The molecule has 1 N–H and O–H groups in total. The van der Waals surface area contributed by atoms with Crippen LogP contribution in [0.1, 0.15) is 39.0 Å². The lowest BCUT2D eigenvalue weighted by Gasteiger charge is -2.27. The zero-order valence-electron chi connectivity index (χ0n) is 9.87. The van der Waals surface area contributed by atoms with Crippen molar-refractivity contribution in [1.82, 2.24) is 10.2 Å². The fourth-order valence-corrected chi connectivity index (χ4v) is 3.51. The van der Waals surface area contributed by atoms with E-state index in [1.54, 1.807) is 0 Å². The number of ether oxygens (including phenoxy) is 1. The van der Waals surface area contributed by atoms with E-state index in [4.69, 9.17) is 4.74 Å². The van der Waals surface area contributed by atoms with Crippen LogP contribution in [0.15, 0.2) is 0 Å². The van der Waals surface area contributed by atoms with E-state index >= 15 is 0 Å². The van der Waals surface area contributed by atoms with Gasteiger partial charge in [-0.25, -0.2) is 0 Å². The second-order valence-electron chi connectivity index (χ2n) is 5.34. The molecule has 2 heterocycles. The number of nitrogens with zero attached hydrogens (tertiary/aromatic N) is 1. The quantitative estimate of drug-likeness (QED) is 0.718. The molecule has 1 amide bonds. The Morgan fingerprint density at radius 2 is 2.19 bits per heavy atom. The summed E-state index contributed by atoms with van der Waals surface area (Å²) in [5.41, 5.74) is -0.220. The summed E-state index contributed by atoms with van der Waals surface area (Å²) >= 11 is 0. The maximum atomic E-state index is 12.5. The fraction of sp³-hybridized carbons (Fsp3) is 0.917. The molecule has 3 aliphatic rings. The Balaban J connectivity index is 1.82. The average Bonchev–Trinajstić information content (AvgIpc) is 2.92. The van der Waals surface area contributed by atoms with Crippen molar-refractivity contribution in [2.45, 2.75) is 56.8 Å². The van der Waals surface area contributed by atoms with Crippen LogP contribution in [0.2, 0.25) is 0 Å². The minimum Gasteiger partial charge on any atom is -0.379 e. The van der Waals surface area contributed by atoms with Gasteiger partial charge in [0.15, 0.2) is 0 Å². The normalized spacial score (nSPS) is 37.8. The average molecular weight is 224 g/mol. The first-order valence-electron chi connectivity index (χ1n) is 6.41. The molecule has 4 heteroatoms. The predicted molar refractivity (Wildman–Crippen MR) is 59.9 cm³/mol. The molecule has 2 unspecified atom stereocenters. The number of amides is 1. The van der Waals surface area contributed by atoms with Crippen molar-refractivity contribution in [3.63, 3.8) is 0 Å². The molecule has 0 aromatic rings. The van der Waals surface area contributed by atoms with Crippen LogP contribution in [0, 0.1) is 0 Å². The molecule has 4 nitrogen and oxygen atoms in total. The predicted octanol–water partition coefficient (Wildman–Crippen LogP) is 0.866. The van der Waals surface area contributed by atoms with Crippen LogP contribution < -0.4 is 5.32 Å². The van der Waals surface area contributed by atoms with Gasteiger partial charge in [0.2, 0.25) is 5.91 Å². The van der Waals surface area contributed by atoms with Gasteiger partial charge in [-0.3, -0.25) is 10.1 Å². The third-order valence-electron chi connectivity index (χ3n) is 4.30. The van der Waals surface area contributed by atoms with Gasteiger partial charge in [-0.2, -0.15) is 0 Å². The maximum Gasteiger partial charge on any atom is 0.244 e. The second-order valence-corrected chi connectivity index (χ2v) is 5.34. The van der Waals surface area contributed by atoms with Crippen molar-refractivity contribution in [1.29, 1.82) is 0 Å². The highest BCUT2D eigenvalue weighted by Gasteiger charge is 2.52. The summed E-state index contributed by atoms with van der Waals surface area (Å²) < 4.78 is 5.40. The molecule has 16 heavy (non-hydrogen) atoms. The van der Waals surface area contributed by atoms with Crippen LogP contribution >= 0.6 is 0 Å². The molecule has 0 bridgehead atoms. The lowest BCUT2D eigenvalue weighted by atomic mass is 9.97. The van der Waals surface area contributed by atoms with Crippen molar-refractivity contribution in [2.24, 2.45) is 0 Å². The van der Waals surface area contributed by atoms with Crippen molar-refractivity contribution in [3.8, 4) is 0 Å². The fourth-order valence-electron chi connectivity index (χ4n) is 3.51. The maximum absolute atomic E-state index is 12.5. The molecule has 2 aliphatic heterocycles. The molecule has 1 spiro atoms. The number of carbonyl (C=O) groups excluding carboxylic acids is 1. The van der Waals surface area contributed by atoms with Crippen LogP contribution in [-0.4, -0.2) is 41.8 Å². The highest BCUT2D eigenvalue weighted by molar-refractivity contribution is 5.89. The molecular weight excluding hydrogens is 204 g/mol. The van der Waals surface area contributed by atoms with Crippen LogP contribution in [0.3, 0.4) is 0 Å². The van der Waals surface area contributed by atoms with Gasteiger partial charge in [0, 0.05) is 6.61 Å². The van der Waals surface area contributed by atoms with Gasteiger partial charge in [-0.1, -0.05) is 12.8 Å². The zero-order chi connectivity index (χ0) is 11.2. The topological polar surface area (TPSA) is 41.6 Å². The molecule has 0 aromatic carbocycles. The lowest BCUT2D eigenvalue weighted by molar-refractivity contribution is -0.135. The van der Waals surface area contributed by atoms with E-state index in [9.17, 15) is 4.79 Å². The lowest BCUT2D eigenvalue weighted by Crippen LogP contribution is -2.45. The SMILES string of the molecule is CC1NC2(CCCC2)C(=O)N1C1CCOC1. The molecular formula is C12H20N2O2. The number of nitrogens with one attached hydrogen (secondary N) is 1. The summed E-state index contributed by atoms with van der Waals surface area (Å²) in [6.07, 6.45) is 5.56. The molecule has 2 saturated heterocycles. The Bertz CT molecular complexity index is 293. The molecule has 0 aromatic heterocycles. The van der Waals surface area contributed by atoms with Gasteiger partial charge >= 0.3 is 0 Å². The highest BCUT2D eigenvalue weighted by atomic mass is 16.5. The Labute approximate surface area is 96.3 Å². The van der Waals surface area contributed by atoms with E-state index in [0.29, 0.717) is 18.6 Å². The van der Waals surface area contributed by atoms with Crippen molar-refractivity contribution >= 4 is 5.91 Å². The monoisotopic (exact) mass is 224 g/mol. The molecule has 0 radical (unpaired) electrons. The summed E-state index contributed by atoms with van der Waals surface area (Å²) in [6, 6.07) is 0.301. The first-order valence-corrected chi connectivity index (χ1v) is 6.41. The van der Waals surface area contributed by atoms with Gasteiger partial charge in [0.25, 0.3) is 0 Å². The number of hydrogen-bond acceptors (Lipinski definition) is 3. The first kappa shape index (κ1) is 10.5. The summed E-state index contributed by atoms with van der Waals surface area (Å²) in [4.78, 5) is 14.6. The van der Waals surface area contributed by atoms with Crippen LogP contribution in [0.4, 0.5) is 0 Å². The van der Waals surface area contributed by atoms with E-state index in [1.807, 2.05) is 4.90 Å². The molecule has 90 valence electrons. The summed E-state index contributed by atoms with van der Waals surface area (Å²) in [7, 11) is 0. The van der Waals surface area contributed by atoms with Crippen molar-refractivity contribution in [3.05, 3.63) is 0 Å². The van der Waals surface area contributed by atoms with Gasteiger partial charge in [-0.15, -0.1) is 0 Å². The van der Waals surface area contributed by atoms with Gasteiger partial charge in [0.05, 0.1) is 24.4 Å². The third kappa shape index (κ3) is 1.39. The van der Waals surface area contributed by atoms with Crippen LogP contribution in [0.5, 0.6) is 0 Å². The minimum absolute atomic E-state index is 0.178. The minimum atomic E-state index is -0.220. The second kappa shape index (κ2) is 3.70. The van der Waals surface area contributed by atoms with Crippen molar-refractivity contribution in [2.75, 3.05) is 13.2 Å². The van der Waals surface area contributed by atoms with Gasteiger partial charge in [-0.05, 0) is 26.2 Å². The van der Waals surface area contributed by atoms with E-state index < -0.39 is 0 Å². The number of hydrogen-bond donors (Lipinski definition) is 1. The molecule has 1 aliphatic carbocycles. The van der Waals surface area contributed by atoms with Gasteiger partial charge < -0.3 is 9.64 Å². The number of rotatable bonds is 1. The standard InChI is InChI=1S/C12H20N2O2/c1-9-13-12(5-2-3-6-12)11(15)14(9)10-4-7-16-8-10/h9-10,13H,2-8H2,1H3. The van der Waals surface area contributed by atoms with Crippen LogP contribution in [-0.2, 0) is 9.53 Å². The summed E-state index contributed by atoms with van der Waals surface area (Å²) in [5.74, 6) is 0.327. The molecule has 2 atom stereocenters. The highest BCUT2D eigenvalue weighted by Crippen LogP contribution is 2.37. The van der Waals surface area contributed by atoms with E-state index in [0.717, 1.165) is 25.9 Å². The summed E-state index contributed by atoms with van der Waals surface area (Å²) in [5, 5.41) is 3.53. The van der Waals surface area contributed by atoms with E-state index in [2.05, 4.69) is 12.2 Å². The molecule has 3 fully saturated rings. The Morgan fingerprint density at radius 3 is 2.81 bits per heavy atom. The Morgan fingerprint density at radius 1 is 1.44 bits per heavy atom. The van der Waals surface area contributed by atoms with E-state index in [-0.39, 0.29) is 11.7 Å².